The lowest BCUT2D eigenvalue weighted by atomic mass is 10.2. The zero-order valence-electron chi connectivity index (χ0n) is 12.5. The van der Waals surface area contributed by atoms with Crippen LogP contribution in [0.15, 0.2) is 24.3 Å². The molecule has 4 nitrogen and oxygen atoms in total. The van der Waals surface area contributed by atoms with Crippen molar-refractivity contribution < 1.29 is 9.53 Å². The number of aryl methyl sites for hydroxylation is 1. The highest BCUT2D eigenvalue weighted by atomic mass is 16.6. The third-order valence-corrected chi connectivity index (χ3v) is 2.34. The van der Waals surface area contributed by atoms with Crippen molar-refractivity contribution in [1.29, 1.82) is 0 Å². The van der Waals surface area contributed by atoms with Crippen LogP contribution in [0, 0.1) is 6.92 Å². The second-order valence-corrected chi connectivity index (χ2v) is 4.99. The second-order valence-electron chi connectivity index (χ2n) is 4.99. The van der Waals surface area contributed by atoms with E-state index in [4.69, 9.17) is 4.74 Å². The van der Waals surface area contributed by atoms with Crippen molar-refractivity contribution in [3.05, 3.63) is 30.0 Å². The van der Waals surface area contributed by atoms with Gasteiger partial charge in [0.2, 0.25) is 0 Å². The Hall–Kier alpha value is -1.84. The first-order valence-electron chi connectivity index (χ1n) is 6.56. The molecule has 104 valence electrons. The molecule has 0 saturated heterocycles. The van der Waals surface area contributed by atoms with Crippen LogP contribution >= 0.6 is 0 Å². The molecular formula is C15H22N2O2. The first-order chi connectivity index (χ1) is 8.88. The van der Waals surface area contributed by atoms with E-state index in [9.17, 15) is 4.79 Å². The minimum Gasteiger partial charge on any atom is -0.442 e. The summed E-state index contributed by atoms with van der Waals surface area (Å²) in [6.07, 6.45) is -0.443. The average Bonchev–Trinajstić information content (AvgIpc) is 2.68. The lowest BCUT2D eigenvalue weighted by molar-refractivity contribution is 0.0522. The van der Waals surface area contributed by atoms with Crippen LogP contribution in [0.25, 0.3) is 10.9 Å². The van der Waals surface area contributed by atoms with Crippen LogP contribution in [0.4, 0.5) is 4.79 Å². The summed E-state index contributed by atoms with van der Waals surface area (Å²) < 4.78 is 6.62. The van der Waals surface area contributed by atoms with Gasteiger partial charge in [-0.25, -0.2) is 4.79 Å². The lowest BCUT2D eigenvalue weighted by Gasteiger charge is -2.19. The number of aromatic nitrogens is 2. The maximum absolute atomic E-state index is 12.0. The Balaban J connectivity index is 0.000000861. The molecule has 4 heteroatoms. The van der Waals surface area contributed by atoms with Gasteiger partial charge < -0.3 is 4.74 Å². The quantitative estimate of drug-likeness (QED) is 0.716. The zero-order valence-corrected chi connectivity index (χ0v) is 12.5. The van der Waals surface area contributed by atoms with Gasteiger partial charge in [-0.2, -0.15) is 9.78 Å². The highest BCUT2D eigenvalue weighted by Gasteiger charge is 2.20. The van der Waals surface area contributed by atoms with Crippen molar-refractivity contribution in [2.45, 2.75) is 47.1 Å². The predicted molar refractivity (Wildman–Crippen MR) is 77.5 cm³/mol. The highest BCUT2D eigenvalue weighted by molar-refractivity contribution is 5.89. The van der Waals surface area contributed by atoms with Crippen molar-refractivity contribution in [3.8, 4) is 0 Å². The van der Waals surface area contributed by atoms with E-state index < -0.39 is 11.7 Å². The molecule has 2 aromatic rings. The first kappa shape index (κ1) is 15.2. The van der Waals surface area contributed by atoms with Crippen molar-refractivity contribution in [2.24, 2.45) is 0 Å². The standard InChI is InChI=1S/C13H16N2O2.C2H6/c1-9-10-7-5-6-8-11(10)15(14-9)12(16)17-13(2,3)4;1-2/h5-8H,1-4H3;1-2H3. The smallest absolute Gasteiger partial charge is 0.435 e. The molecule has 19 heavy (non-hydrogen) atoms. The SMILES string of the molecule is CC.Cc1nn(C(=O)OC(C)(C)C)c2ccccc12. The van der Waals surface area contributed by atoms with Crippen LogP contribution in [0.3, 0.4) is 0 Å². The summed E-state index contributed by atoms with van der Waals surface area (Å²) in [6, 6.07) is 7.61. The average molecular weight is 262 g/mol. The van der Waals surface area contributed by atoms with Crippen LogP contribution in [0.5, 0.6) is 0 Å². The number of ether oxygens (including phenoxy) is 1. The Kier molecular flexibility index (Phi) is 4.70. The Bertz CT molecular complexity index is 565. The van der Waals surface area contributed by atoms with Crippen molar-refractivity contribution in [1.82, 2.24) is 9.78 Å². The van der Waals surface area contributed by atoms with Crippen LogP contribution in [-0.2, 0) is 4.74 Å². The van der Waals surface area contributed by atoms with Gasteiger partial charge in [0, 0.05) is 5.39 Å². The molecule has 0 spiro atoms. The van der Waals surface area contributed by atoms with Crippen LogP contribution in [0.1, 0.15) is 40.3 Å². The van der Waals surface area contributed by atoms with Crippen LogP contribution in [-0.4, -0.2) is 21.5 Å². The molecule has 0 aliphatic rings. The predicted octanol–water partition coefficient (Wildman–Crippen LogP) is 4.15. The molecule has 2 rings (SSSR count). The Labute approximate surface area is 114 Å². The maximum atomic E-state index is 12.0. The maximum Gasteiger partial charge on any atom is 0.435 e. The van der Waals surface area contributed by atoms with Crippen LogP contribution in [0.2, 0.25) is 0 Å². The van der Waals surface area contributed by atoms with E-state index in [1.54, 1.807) is 0 Å². The van der Waals surface area contributed by atoms with E-state index in [1.165, 1.54) is 4.68 Å². The Morgan fingerprint density at radius 1 is 1.21 bits per heavy atom. The summed E-state index contributed by atoms with van der Waals surface area (Å²) in [5, 5.41) is 5.19. The molecule has 0 N–H and O–H groups in total. The number of hydrogen-bond donors (Lipinski definition) is 0. The van der Waals surface area contributed by atoms with Gasteiger partial charge in [-0.05, 0) is 33.8 Å². The number of fused-ring (bicyclic) bond motifs is 1. The van der Waals surface area contributed by atoms with Crippen LogP contribution < -0.4 is 0 Å². The highest BCUT2D eigenvalue weighted by Crippen LogP contribution is 2.19. The summed E-state index contributed by atoms with van der Waals surface area (Å²) in [6.45, 7) is 11.4. The molecule has 1 aromatic carbocycles. The van der Waals surface area contributed by atoms with E-state index in [1.807, 2.05) is 65.8 Å². The van der Waals surface area contributed by atoms with E-state index in [0.29, 0.717) is 0 Å². The fourth-order valence-electron chi connectivity index (χ4n) is 1.67. The molecule has 0 aliphatic heterocycles. The second kappa shape index (κ2) is 5.87. The molecule has 0 radical (unpaired) electrons. The van der Waals surface area contributed by atoms with E-state index in [2.05, 4.69) is 5.10 Å². The van der Waals surface area contributed by atoms with Gasteiger partial charge >= 0.3 is 6.09 Å². The number of nitrogens with zero attached hydrogens (tertiary/aromatic N) is 2. The molecule has 1 heterocycles. The molecule has 0 unspecified atom stereocenters. The monoisotopic (exact) mass is 262 g/mol. The van der Waals surface area contributed by atoms with Gasteiger partial charge in [-0.15, -0.1) is 0 Å². The first-order valence-corrected chi connectivity index (χ1v) is 6.56. The van der Waals surface area contributed by atoms with Gasteiger partial charge in [-0.1, -0.05) is 32.0 Å². The van der Waals surface area contributed by atoms with Gasteiger partial charge in [0.25, 0.3) is 0 Å². The molecule has 1 aromatic heterocycles. The molecule has 0 saturated carbocycles. The van der Waals surface area contributed by atoms with E-state index in [0.717, 1.165) is 16.6 Å². The van der Waals surface area contributed by atoms with Gasteiger partial charge in [0.15, 0.2) is 0 Å². The summed E-state index contributed by atoms with van der Waals surface area (Å²) in [4.78, 5) is 12.0. The Morgan fingerprint density at radius 2 is 1.79 bits per heavy atom. The molecule has 0 amide bonds. The van der Waals surface area contributed by atoms with Gasteiger partial charge in [0.05, 0.1) is 11.2 Å². The minimum absolute atomic E-state index is 0.443. The third-order valence-electron chi connectivity index (χ3n) is 2.34. The van der Waals surface area contributed by atoms with Crippen molar-refractivity contribution in [3.63, 3.8) is 0 Å². The largest absolute Gasteiger partial charge is 0.442 e. The normalized spacial score (nSPS) is 10.8. The summed E-state index contributed by atoms with van der Waals surface area (Å²) in [5.74, 6) is 0. The summed E-state index contributed by atoms with van der Waals surface area (Å²) in [5.41, 5.74) is 1.09. The third kappa shape index (κ3) is 3.56. The fourth-order valence-corrected chi connectivity index (χ4v) is 1.67. The van der Waals surface area contributed by atoms with E-state index >= 15 is 0 Å². The topological polar surface area (TPSA) is 44.1 Å². The molecule has 0 aliphatic carbocycles. The number of carbonyl (C=O) groups excluding carboxylic acids is 1. The van der Waals surface area contributed by atoms with Crippen molar-refractivity contribution >= 4 is 17.0 Å². The Morgan fingerprint density at radius 3 is 2.37 bits per heavy atom. The summed E-state index contributed by atoms with van der Waals surface area (Å²) >= 11 is 0. The fraction of sp³-hybridized carbons (Fsp3) is 0.467. The van der Waals surface area contributed by atoms with Gasteiger partial charge in [-0.3, -0.25) is 0 Å². The minimum atomic E-state index is -0.516. The number of benzene rings is 1. The number of rotatable bonds is 0. The lowest BCUT2D eigenvalue weighted by Crippen LogP contribution is -2.27. The number of hydrogen-bond acceptors (Lipinski definition) is 3. The zero-order chi connectivity index (χ0) is 14.6. The molecule has 0 atom stereocenters. The van der Waals surface area contributed by atoms with Crippen molar-refractivity contribution in [2.75, 3.05) is 0 Å². The van der Waals surface area contributed by atoms with Gasteiger partial charge in [0.1, 0.15) is 5.60 Å². The molecular weight excluding hydrogens is 240 g/mol. The molecule has 0 bridgehead atoms. The molecule has 0 fully saturated rings. The number of carbonyl (C=O) groups is 1. The number of para-hydroxylation sites is 1. The summed E-state index contributed by atoms with van der Waals surface area (Å²) in [7, 11) is 0. The van der Waals surface area contributed by atoms with E-state index in [-0.39, 0.29) is 0 Å².